The van der Waals surface area contributed by atoms with Crippen molar-refractivity contribution in [2.24, 2.45) is 5.14 Å². The molecule has 0 spiro atoms. The summed E-state index contributed by atoms with van der Waals surface area (Å²) in [7, 11) is -3.76. The van der Waals surface area contributed by atoms with Crippen molar-refractivity contribution in [2.75, 3.05) is 11.9 Å². The highest BCUT2D eigenvalue weighted by atomic mass is 32.2. The molecule has 2 aromatic rings. The first-order chi connectivity index (χ1) is 10.9. The van der Waals surface area contributed by atoms with Crippen LogP contribution in [0.15, 0.2) is 53.4 Å². The average Bonchev–Trinajstić information content (AvgIpc) is 2.53. The van der Waals surface area contributed by atoms with Crippen molar-refractivity contribution in [1.82, 2.24) is 0 Å². The number of nitrogens with two attached hydrogens (primary N) is 1. The van der Waals surface area contributed by atoms with E-state index in [1.165, 1.54) is 30.3 Å². The SMILES string of the molecule is N#Cc1cccc(OCC(=O)Nc2ccc(S(N)(=O)=O)cc2)c1. The number of ether oxygens (including phenoxy) is 1. The molecule has 0 fully saturated rings. The van der Waals surface area contributed by atoms with Gasteiger partial charge in [0.1, 0.15) is 5.75 Å². The summed E-state index contributed by atoms with van der Waals surface area (Å²) >= 11 is 0. The summed E-state index contributed by atoms with van der Waals surface area (Å²) in [5.74, 6) is -0.0144. The third-order valence-corrected chi connectivity index (χ3v) is 3.73. The molecule has 0 aliphatic heterocycles. The second kappa shape index (κ2) is 6.91. The molecule has 23 heavy (non-hydrogen) atoms. The van der Waals surface area contributed by atoms with Gasteiger partial charge in [-0.25, -0.2) is 13.6 Å². The van der Waals surface area contributed by atoms with Crippen LogP contribution in [0.25, 0.3) is 0 Å². The number of rotatable bonds is 5. The Labute approximate surface area is 133 Å². The predicted molar refractivity (Wildman–Crippen MR) is 83.1 cm³/mol. The molecule has 0 atom stereocenters. The molecular formula is C15H13N3O4S. The van der Waals surface area contributed by atoms with Crippen LogP contribution in [-0.4, -0.2) is 20.9 Å². The van der Waals surface area contributed by atoms with Crippen molar-refractivity contribution in [3.05, 3.63) is 54.1 Å². The number of nitriles is 1. The Morgan fingerprint density at radius 1 is 1.22 bits per heavy atom. The lowest BCUT2D eigenvalue weighted by Crippen LogP contribution is -2.20. The molecule has 7 nitrogen and oxygen atoms in total. The van der Waals surface area contributed by atoms with Gasteiger partial charge in [0.25, 0.3) is 5.91 Å². The number of nitrogens with zero attached hydrogens (tertiary/aromatic N) is 1. The monoisotopic (exact) mass is 331 g/mol. The minimum atomic E-state index is -3.76. The van der Waals surface area contributed by atoms with Crippen LogP contribution in [0.2, 0.25) is 0 Å². The Bertz CT molecular complexity index is 855. The number of benzene rings is 2. The second-order valence-corrected chi connectivity index (χ2v) is 6.11. The molecule has 2 aromatic carbocycles. The van der Waals surface area contributed by atoms with E-state index in [-0.39, 0.29) is 11.5 Å². The van der Waals surface area contributed by atoms with E-state index < -0.39 is 15.9 Å². The van der Waals surface area contributed by atoms with E-state index in [2.05, 4.69) is 5.32 Å². The van der Waals surface area contributed by atoms with Crippen molar-refractivity contribution in [2.45, 2.75) is 4.90 Å². The molecule has 0 bridgehead atoms. The largest absolute Gasteiger partial charge is 0.484 e. The fourth-order valence-corrected chi connectivity index (χ4v) is 2.24. The van der Waals surface area contributed by atoms with Gasteiger partial charge in [-0.1, -0.05) is 6.07 Å². The van der Waals surface area contributed by atoms with Crippen LogP contribution in [0.3, 0.4) is 0 Å². The molecule has 0 aromatic heterocycles. The van der Waals surface area contributed by atoms with Gasteiger partial charge in [0, 0.05) is 5.69 Å². The topological polar surface area (TPSA) is 122 Å². The van der Waals surface area contributed by atoms with Crippen LogP contribution < -0.4 is 15.2 Å². The molecule has 0 aliphatic carbocycles. The van der Waals surface area contributed by atoms with Crippen LogP contribution in [0.4, 0.5) is 5.69 Å². The molecule has 3 N–H and O–H groups in total. The van der Waals surface area contributed by atoms with Gasteiger partial charge < -0.3 is 10.1 Å². The zero-order chi connectivity index (χ0) is 16.9. The number of anilines is 1. The van der Waals surface area contributed by atoms with Crippen LogP contribution >= 0.6 is 0 Å². The molecule has 8 heteroatoms. The van der Waals surface area contributed by atoms with Crippen molar-refractivity contribution < 1.29 is 17.9 Å². The summed E-state index contributed by atoms with van der Waals surface area (Å²) in [4.78, 5) is 11.7. The molecule has 1 amide bonds. The Morgan fingerprint density at radius 3 is 2.52 bits per heavy atom. The molecule has 0 heterocycles. The smallest absolute Gasteiger partial charge is 0.262 e. The fraction of sp³-hybridized carbons (Fsp3) is 0.0667. The highest BCUT2D eigenvalue weighted by Crippen LogP contribution is 2.14. The first-order valence-electron chi connectivity index (χ1n) is 6.44. The second-order valence-electron chi connectivity index (χ2n) is 4.55. The molecule has 0 aliphatic rings. The Morgan fingerprint density at radius 2 is 1.91 bits per heavy atom. The molecule has 2 rings (SSSR count). The fourth-order valence-electron chi connectivity index (χ4n) is 1.73. The lowest BCUT2D eigenvalue weighted by molar-refractivity contribution is -0.118. The highest BCUT2D eigenvalue weighted by molar-refractivity contribution is 7.89. The minimum Gasteiger partial charge on any atom is -0.484 e. The lowest BCUT2D eigenvalue weighted by Gasteiger charge is -2.08. The summed E-state index contributed by atoms with van der Waals surface area (Å²) in [6.45, 7) is -0.244. The highest BCUT2D eigenvalue weighted by Gasteiger charge is 2.08. The van der Waals surface area contributed by atoms with Gasteiger partial charge in [0.05, 0.1) is 16.5 Å². The number of primary sulfonamides is 1. The molecule has 0 radical (unpaired) electrons. The Hall–Kier alpha value is -2.89. The zero-order valence-corrected chi connectivity index (χ0v) is 12.7. The zero-order valence-electron chi connectivity index (χ0n) is 11.9. The van der Waals surface area contributed by atoms with E-state index in [9.17, 15) is 13.2 Å². The van der Waals surface area contributed by atoms with Gasteiger partial charge >= 0.3 is 0 Å². The van der Waals surface area contributed by atoms with Crippen LogP contribution in [-0.2, 0) is 14.8 Å². The number of nitrogens with one attached hydrogen (secondary N) is 1. The van der Waals surface area contributed by atoms with E-state index >= 15 is 0 Å². The third kappa shape index (κ3) is 4.81. The van der Waals surface area contributed by atoms with E-state index in [1.54, 1.807) is 18.2 Å². The normalized spacial score (nSPS) is 10.6. The van der Waals surface area contributed by atoms with E-state index in [4.69, 9.17) is 15.1 Å². The third-order valence-electron chi connectivity index (χ3n) is 2.80. The minimum absolute atomic E-state index is 0.0416. The van der Waals surface area contributed by atoms with Gasteiger partial charge in [-0.3, -0.25) is 4.79 Å². The van der Waals surface area contributed by atoms with Crippen LogP contribution in [0.1, 0.15) is 5.56 Å². The first kappa shape index (κ1) is 16.5. The van der Waals surface area contributed by atoms with Crippen molar-refractivity contribution in [1.29, 1.82) is 5.26 Å². The van der Waals surface area contributed by atoms with Gasteiger partial charge in [0.2, 0.25) is 10.0 Å². The average molecular weight is 331 g/mol. The molecular weight excluding hydrogens is 318 g/mol. The standard InChI is InChI=1S/C15H13N3O4S/c16-9-11-2-1-3-13(8-11)22-10-15(19)18-12-4-6-14(7-5-12)23(17,20)21/h1-8H,10H2,(H,18,19)(H2,17,20,21). The van der Waals surface area contributed by atoms with Crippen molar-refractivity contribution >= 4 is 21.6 Å². The van der Waals surface area contributed by atoms with Crippen LogP contribution in [0.5, 0.6) is 5.75 Å². The molecule has 118 valence electrons. The number of carbonyl (C=O) groups excluding carboxylic acids is 1. The van der Waals surface area contributed by atoms with E-state index in [0.717, 1.165) is 0 Å². The van der Waals surface area contributed by atoms with E-state index in [1.807, 2.05) is 6.07 Å². The number of hydrogen-bond acceptors (Lipinski definition) is 5. The Balaban J connectivity index is 1.93. The van der Waals surface area contributed by atoms with Crippen molar-refractivity contribution in [3.8, 4) is 11.8 Å². The summed E-state index contributed by atoms with van der Waals surface area (Å²) in [5, 5.41) is 16.3. The summed E-state index contributed by atoms with van der Waals surface area (Å²) in [6.07, 6.45) is 0. The lowest BCUT2D eigenvalue weighted by atomic mass is 10.2. The number of sulfonamides is 1. The number of carbonyl (C=O) groups is 1. The van der Waals surface area contributed by atoms with Gasteiger partial charge in [-0.15, -0.1) is 0 Å². The first-order valence-corrected chi connectivity index (χ1v) is 7.99. The maximum atomic E-state index is 11.8. The number of hydrogen-bond donors (Lipinski definition) is 2. The van der Waals surface area contributed by atoms with Gasteiger partial charge in [-0.2, -0.15) is 5.26 Å². The summed E-state index contributed by atoms with van der Waals surface area (Å²) in [6, 6.07) is 13.8. The predicted octanol–water partition coefficient (Wildman–Crippen LogP) is 1.22. The Kier molecular flexibility index (Phi) is 4.95. The molecule has 0 saturated heterocycles. The quantitative estimate of drug-likeness (QED) is 0.853. The number of amides is 1. The van der Waals surface area contributed by atoms with Crippen molar-refractivity contribution in [3.63, 3.8) is 0 Å². The van der Waals surface area contributed by atoms with Gasteiger partial charge in [-0.05, 0) is 42.5 Å². The summed E-state index contributed by atoms with van der Waals surface area (Å²) in [5.41, 5.74) is 0.846. The molecule has 0 saturated carbocycles. The maximum Gasteiger partial charge on any atom is 0.262 e. The van der Waals surface area contributed by atoms with Crippen LogP contribution in [0, 0.1) is 11.3 Å². The maximum absolute atomic E-state index is 11.8. The summed E-state index contributed by atoms with van der Waals surface area (Å²) < 4.78 is 27.5. The molecule has 0 unspecified atom stereocenters. The van der Waals surface area contributed by atoms with E-state index in [0.29, 0.717) is 17.0 Å². The van der Waals surface area contributed by atoms with Gasteiger partial charge in [0.15, 0.2) is 6.61 Å².